The summed E-state index contributed by atoms with van der Waals surface area (Å²) >= 11 is 0. The van der Waals surface area contributed by atoms with Gasteiger partial charge < -0.3 is 30.1 Å². The van der Waals surface area contributed by atoms with Gasteiger partial charge in [-0.05, 0) is 71.5 Å². The highest BCUT2D eigenvalue weighted by Crippen LogP contribution is 2.44. The number of fused-ring (bicyclic) bond motifs is 4. The summed E-state index contributed by atoms with van der Waals surface area (Å²) < 4.78 is 35.2. The van der Waals surface area contributed by atoms with Crippen molar-refractivity contribution >= 4 is 41.0 Å². The van der Waals surface area contributed by atoms with Crippen molar-refractivity contribution in [1.29, 1.82) is 0 Å². The Kier molecular flexibility index (Phi) is 8.40. The molecule has 2 aliphatic carbocycles. The molecule has 0 unspecified atom stereocenters. The van der Waals surface area contributed by atoms with Gasteiger partial charge in [-0.3, -0.25) is 9.59 Å². The van der Waals surface area contributed by atoms with E-state index < -0.39 is 24.5 Å². The van der Waals surface area contributed by atoms with E-state index in [4.69, 9.17) is 4.74 Å². The number of anilines is 4. The number of rotatable bonds is 7. The largest absolute Gasteiger partial charge is 0.449 e. The molecule has 13 heteroatoms. The first-order chi connectivity index (χ1) is 25.2. The number of carbonyl (C=O) groups is 3. The minimum absolute atomic E-state index is 0.0167. The Morgan fingerprint density at radius 1 is 0.962 bits per heavy atom. The van der Waals surface area contributed by atoms with Crippen molar-refractivity contribution < 1.29 is 27.9 Å². The summed E-state index contributed by atoms with van der Waals surface area (Å²) in [7, 11) is 1.28. The molecule has 0 radical (unpaired) electrons. The quantitative estimate of drug-likeness (QED) is 0.233. The number of piperidine rings is 1. The Labute approximate surface area is 298 Å². The summed E-state index contributed by atoms with van der Waals surface area (Å²) in [6.45, 7) is 0.351. The molecular formula is C39H35F2N7O4. The van der Waals surface area contributed by atoms with E-state index in [2.05, 4.69) is 44.9 Å². The van der Waals surface area contributed by atoms with Crippen LogP contribution >= 0.6 is 0 Å². The number of hydrogen-bond donors (Lipinski definition) is 2. The van der Waals surface area contributed by atoms with Gasteiger partial charge in [0.25, 0.3) is 11.8 Å². The topological polar surface area (TPSA) is 120 Å². The standard InChI is InChI=1S/C39H35F2N7O4/c1-46-33-21-42-37(45-34(33)48(27-7-6-8-27)23-39(40,41)36(46)50)43-25-15-13-24(14-16-25)35(49)47-19-17-26(18-20-47)44-38(51)52-22-32-30-11-4-2-9-28(30)29-10-3-5-12-31(29)32/h2-16,21,26,32H,17-20,22-23H2,1H3,(H,44,51)(H,42,43,45). The normalized spacial score (nSPS) is 17.7. The Morgan fingerprint density at radius 3 is 2.25 bits per heavy atom. The number of halogens is 2. The minimum atomic E-state index is -3.62. The van der Waals surface area contributed by atoms with Crippen LogP contribution in [-0.4, -0.2) is 78.0 Å². The number of benzene rings is 3. The molecule has 11 nitrogen and oxygen atoms in total. The second-order valence-electron chi connectivity index (χ2n) is 13.2. The van der Waals surface area contributed by atoms with Gasteiger partial charge in [-0.25, -0.2) is 9.78 Å². The molecule has 3 amide bonds. The predicted molar refractivity (Wildman–Crippen MR) is 192 cm³/mol. The molecule has 1 saturated heterocycles. The number of amides is 3. The lowest BCUT2D eigenvalue weighted by molar-refractivity contribution is -0.140. The van der Waals surface area contributed by atoms with Crippen molar-refractivity contribution in [1.82, 2.24) is 20.2 Å². The highest BCUT2D eigenvalue weighted by atomic mass is 19.3. The SMILES string of the molecule is CN1C(=O)C(F)(F)CN(C2=CC=C2)c2nc(Nc3ccc(C(=O)N4CCC(NC(=O)OCC5c6ccccc6-c6ccccc65)CC4)cc3)ncc21. The molecule has 0 spiro atoms. The predicted octanol–water partition coefficient (Wildman–Crippen LogP) is 6.24. The molecule has 0 bridgehead atoms. The van der Waals surface area contributed by atoms with E-state index in [1.165, 1.54) is 29.3 Å². The van der Waals surface area contributed by atoms with Crippen LogP contribution in [-0.2, 0) is 9.53 Å². The van der Waals surface area contributed by atoms with Crippen LogP contribution in [0.15, 0.2) is 103 Å². The van der Waals surface area contributed by atoms with E-state index in [1.54, 1.807) is 47.4 Å². The number of alkyl halides is 2. The number of alkyl carbamates (subject to hydrolysis) is 1. The Morgan fingerprint density at radius 2 is 1.62 bits per heavy atom. The molecule has 1 aromatic heterocycles. The number of carbonyl (C=O) groups excluding carboxylic acids is 3. The van der Waals surface area contributed by atoms with Gasteiger partial charge in [-0.1, -0.05) is 54.6 Å². The molecule has 52 heavy (non-hydrogen) atoms. The number of allylic oxidation sites excluding steroid dienone is 3. The maximum absolute atomic E-state index is 14.8. The Balaban J connectivity index is 0.850. The van der Waals surface area contributed by atoms with Crippen LogP contribution in [0.5, 0.6) is 0 Å². The summed E-state index contributed by atoms with van der Waals surface area (Å²) in [5.41, 5.74) is 6.40. The number of ether oxygens (including phenoxy) is 1. The first kappa shape index (κ1) is 33.1. The van der Waals surface area contributed by atoms with E-state index in [0.717, 1.165) is 16.0 Å². The van der Waals surface area contributed by atoms with Gasteiger partial charge in [-0.15, -0.1) is 0 Å². The molecule has 4 aliphatic rings. The zero-order chi connectivity index (χ0) is 36.0. The van der Waals surface area contributed by atoms with Crippen molar-refractivity contribution in [2.24, 2.45) is 0 Å². The first-order valence-corrected chi connectivity index (χ1v) is 17.1. The lowest BCUT2D eigenvalue weighted by Gasteiger charge is -2.32. The van der Waals surface area contributed by atoms with Crippen molar-refractivity contribution in [3.63, 3.8) is 0 Å². The van der Waals surface area contributed by atoms with E-state index in [1.807, 2.05) is 24.3 Å². The van der Waals surface area contributed by atoms with E-state index in [9.17, 15) is 23.2 Å². The lowest BCUT2D eigenvalue weighted by Crippen LogP contribution is -2.46. The summed E-state index contributed by atoms with van der Waals surface area (Å²) in [5, 5.41) is 6.05. The van der Waals surface area contributed by atoms with Gasteiger partial charge in [0.15, 0.2) is 5.82 Å². The van der Waals surface area contributed by atoms with E-state index >= 15 is 0 Å². The van der Waals surface area contributed by atoms with Gasteiger partial charge in [0.2, 0.25) is 5.95 Å². The number of hydrogen-bond acceptors (Lipinski definition) is 8. The molecular weight excluding hydrogens is 668 g/mol. The Bertz CT molecular complexity index is 2080. The minimum Gasteiger partial charge on any atom is -0.449 e. The molecule has 8 rings (SSSR count). The fraction of sp³-hybridized carbons (Fsp3) is 0.256. The van der Waals surface area contributed by atoms with Crippen LogP contribution in [0.3, 0.4) is 0 Å². The van der Waals surface area contributed by atoms with Crippen LogP contribution in [0.1, 0.15) is 40.2 Å². The van der Waals surface area contributed by atoms with Crippen molar-refractivity contribution in [2.45, 2.75) is 30.7 Å². The zero-order valence-electron chi connectivity index (χ0n) is 28.3. The summed E-state index contributed by atoms with van der Waals surface area (Å²) in [5.74, 6) is -4.78. The van der Waals surface area contributed by atoms with E-state index in [-0.39, 0.29) is 41.9 Å². The molecule has 4 aromatic rings. The van der Waals surface area contributed by atoms with Crippen LogP contribution in [0.25, 0.3) is 11.1 Å². The third-order valence-electron chi connectivity index (χ3n) is 10.0. The van der Waals surface area contributed by atoms with Crippen LogP contribution in [0.2, 0.25) is 0 Å². The van der Waals surface area contributed by atoms with E-state index in [0.29, 0.717) is 42.9 Å². The zero-order valence-corrected chi connectivity index (χ0v) is 28.3. The third-order valence-corrected chi connectivity index (χ3v) is 10.0. The molecule has 3 heterocycles. The molecule has 264 valence electrons. The number of likely N-dealkylation sites (tertiary alicyclic amines) is 1. The van der Waals surface area contributed by atoms with Crippen molar-refractivity contribution in [2.75, 3.05) is 48.4 Å². The highest BCUT2D eigenvalue weighted by Gasteiger charge is 2.48. The number of nitrogens with one attached hydrogen (secondary N) is 2. The number of nitrogens with zero attached hydrogens (tertiary/aromatic N) is 5. The lowest BCUT2D eigenvalue weighted by atomic mass is 9.98. The van der Waals surface area contributed by atoms with Gasteiger partial charge in [0.1, 0.15) is 12.3 Å². The summed E-state index contributed by atoms with van der Waals surface area (Å²) in [6.07, 6.45) is 7.14. The van der Waals surface area contributed by atoms with Crippen LogP contribution in [0, 0.1) is 0 Å². The smallest absolute Gasteiger partial charge is 0.407 e. The van der Waals surface area contributed by atoms with Gasteiger partial charge in [0, 0.05) is 49.0 Å². The first-order valence-electron chi connectivity index (χ1n) is 17.1. The fourth-order valence-electron chi connectivity index (χ4n) is 7.18. The monoisotopic (exact) mass is 703 g/mol. The second-order valence-corrected chi connectivity index (χ2v) is 13.2. The van der Waals surface area contributed by atoms with Crippen molar-refractivity contribution in [3.05, 3.63) is 120 Å². The molecule has 1 fully saturated rings. The van der Waals surface area contributed by atoms with Gasteiger partial charge >= 0.3 is 12.0 Å². The summed E-state index contributed by atoms with van der Waals surface area (Å²) in [6, 6.07) is 23.1. The van der Waals surface area contributed by atoms with Gasteiger partial charge in [-0.2, -0.15) is 13.8 Å². The van der Waals surface area contributed by atoms with Crippen LogP contribution < -0.4 is 20.4 Å². The fourth-order valence-corrected chi connectivity index (χ4v) is 7.18. The highest BCUT2D eigenvalue weighted by molar-refractivity contribution is 6.02. The van der Waals surface area contributed by atoms with Crippen LogP contribution in [0.4, 0.5) is 36.7 Å². The molecule has 0 saturated carbocycles. The molecule has 2 N–H and O–H groups in total. The Hall–Kier alpha value is -6.11. The maximum atomic E-state index is 14.8. The third kappa shape index (κ3) is 6.12. The average Bonchev–Trinajstić information content (AvgIpc) is 3.43. The molecule has 3 aromatic carbocycles. The summed E-state index contributed by atoms with van der Waals surface area (Å²) in [4.78, 5) is 51.3. The maximum Gasteiger partial charge on any atom is 0.407 e. The molecule has 0 atom stereocenters. The second kappa shape index (κ2) is 13.2. The molecule has 2 aliphatic heterocycles. The van der Waals surface area contributed by atoms with Crippen molar-refractivity contribution in [3.8, 4) is 11.1 Å². The average molecular weight is 704 g/mol. The van der Waals surface area contributed by atoms with Gasteiger partial charge in [0.05, 0.1) is 12.7 Å². The number of aromatic nitrogens is 2.